The summed E-state index contributed by atoms with van der Waals surface area (Å²) in [7, 11) is 1.41. The number of anilines is 1. The first-order chi connectivity index (χ1) is 9.10. The van der Waals surface area contributed by atoms with Gasteiger partial charge in [-0.25, -0.2) is 8.78 Å². The first kappa shape index (κ1) is 13.8. The highest BCUT2D eigenvalue weighted by Gasteiger charge is 2.04. The lowest BCUT2D eigenvalue weighted by Gasteiger charge is -2.09. The van der Waals surface area contributed by atoms with Crippen molar-refractivity contribution in [3.05, 3.63) is 58.1 Å². The largest absolute Gasteiger partial charge is 0.494 e. The third-order valence-corrected chi connectivity index (χ3v) is 3.28. The molecular formula is C14H12BrF2NO. The second-order valence-corrected chi connectivity index (χ2v) is 4.81. The van der Waals surface area contributed by atoms with Crippen LogP contribution in [0.5, 0.6) is 5.75 Å². The van der Waals surface area contributed by atoms with Crippen molar-refractivity contribution < 1.29 is 13.5 Å². The van der Waals surface area contributed by atoms with Crippen LogP contribution in [0.3, 0.4) is 0 Å². The molecule has 0 unspecified atom stereocenters. The number of hydrogen-bond acceptors (Lipinski definition) is 2. The van der Waals surface area contributed by atoms with Crippen molar-refractivity contribution >= 4 is 21.6 Å². The third kappa shape index (κ3) is 3.44. The van der Waals surface area contributed by atoms with Crippen LogP contribution in [0.15, 0.2) is 40.9 Å². The van der Waals surface area contributed by atoms with Gasteiger partial charge in [0.1, 0.15) is 5.82 Å². The van der Waals surface area contributed by atoms with Gasteiger partial charge in [0, 0.05) is 18.3 Å². The Morgan fingerprint density at radius 2 is 1.89 bits per heavy atom. The second kappa shape index (κ2) is 6.02. The van der Waals surface area contributed by atoms with E-state index in [0.29, 0.717) is 16.7 Å². The van der Waals surface area contributed by atoms with Gasteiger partial charge in [-0.2, -0.15) is 0 Å². The van der Waals surface area contributed by atoms with E-state index in [-0.39, 0.29) is 11.6 Å². The molecule has 0 saturated carbocycles. The smallest absolute Gasteiger partial charge is 0.167 e. The number of hydrogen-bond donors (Lipinski definition) is 1. The van der Waals surface area contributed by atoms with Crippen molar-refractivity contribution in [2.45, 2.75) is 6.54 Å². The summed E-state index contributed by atoms with van der Waals surface area (Å²) in [5.41, 5.74) is 1.39. The lowest BCUT2D eigenvalue weighted by Crippen LogP contribution is -2.00. The summed E-state index contributed by atoms with van der Waals surface area (Å²) in [5.74, 6) is -0.560. The van der Waals surface area contributed by atoms with Gasteiger partial charge in [-0.05, 0) is 45.8 Å². The van der Waals surface area contributed by atoms with Crippen LogP contribution >= 0.6 is 15.9 Å². The van der Waals surface area contributed by atoms with Gasteiger partial charge in [-0.3, -0.25) is 0 Å². The molecule has 0 heterocycles. The van der Waals surface area contributed by atoms with Crippen LogP contribution < -0.4 is 10.1 Å². The second-order valence-electron chi connectivity index (χ2n) is 3.95. The molecule has 19 heavy (non-hydrogen) atoms. The van der Waals surface area contributed by atoms with Crippen molar-refractivity contribution in [3.8, 4) is 5.75 Å². The number of rotatable bonds is 4. The molecule has 2 aromatic rings. The van der Waals surface area contributed by atoms with E-state index in [9.17, 15) is 8.78 Å². The molecule has 0 aliphatic carbocycles. The SMILES string of the molecule is COc1ccc(NCc2ccc(Br)c(F)c2)cc1F. The minimum atomic E-state index is -0.436. The fraction of sp³-hybridized carbons (Fsp3) is 0.143. The number of methoxy groups -OCH3 is 1. The molecule has 0 fully saturated rings. The fourth-order valence-electron chi connectivity index (χ4n) is 1.63. The Morgan fingerprint density at radius 3 is 2.53 bits per heavy atom. The van der Waals surface area contributed by atoms with Crippen LogP contribution in [0.1, 0.15) is 5.56 Å². The quantitative estimate of drug-likeness (QED) is 0.901. The van der Waals surface area contributed by atoms with Crippen LogP contribution in [0.2, 0.25) is 0 Å². The molecule has 0 bridgehead atoms. The summed E-state index contributed by atoms with van der Waals surface area (Å²) in [6.45, 7) is 0.413. The van der Waals surface area contributed by atoms with E-state index < -0.39 is 5.82 Å². The predicted octanol–water partition coefficient (Wildman–Crippen LogP) is 4.35. The predicted molar refractivity (Wildman–Crippen MR) is 74.4 cm³/mol. The molecule has 5 heteroatoms. The van der Waals surface area contributed by atoms with Crippen LogP contribution in [-0.2, 0) is 6.54 Å². The minimum absolute atomic E-state index is 0.195. The zero-order valence-electron chi connectivity index (χ0n) is 10.2. The van der Waals surface area contributed by atoms with Crippen molar-refractivity contribution in [1.29, 1.82) is 0 Å². The highest BCUT2D eigenvalue weighted by Crippen LogP contribution is 2.22. The molecule has 2 rings (SSSR count). The zero-order valence-corrected chi connectivity index (χ0v) is 11.8. The fourth-order valence-corrected chi connectivity index (χ4v) is 1.88. The summed E-state index contributed by atoms with van der Waals surface area (Å²) < 4.78 is 32.0. The summed E-state index contributed by atoms with van der Waals surface area (Å²) in [6, 6.07) is 9.45. The maximum Gasteiger partial charge on any atom is 0.167 e. The van der Waals surface area contributed by atoms with Gasteiger partial charge in [0.25, 0.3) is 0 Å². The van der Waals surface area contributed by atoms with Gasteiger partial charge >= 0.3 is 0 Å². The standard InChI is InChI=1S/C14H12BrF2NO/c1-19-14-5-3-10(7-13(14)17)18-8-9-2-4-11(15)12(16)6-9/h2-7,18H,8H2,1H3. The molecule has 0 saturated heterocycles. The van der Waals surface area contributed by atoms with Gasteiger partial charge in [0.2, 0.25) is 0 Å². The van der Waals surface area contributed by atoms with E-state index in [4.69, 9.17) is 4.74 Å². The van der Waals surface area contributed by atoms with Crippen molar-refractivity contribution in [2.24, 2.45) is 0 Å². The van der Waals surface area contributed by atoms with E-state index >= 15 is 0 Å². The van der Waals surface area contributed by atoms with E-state index in [0.717, 1.165) is 5.56 Å². The Morgan fingerprint density at radius 1 is 1.11 bits per heavy atom. The Bertz CT molecular complexity index is 590. The van der Waals surface area contributed by atoms with Gasteiger partial charge in [0.15, 0.2) is 11.6 Å². The van der Waals surface area contributed by atoms with Crippen LogP contribution in [-0.4, -0.2) is 7.11 Å². The monoisotopic (exact) mass is 327 g/mol. The minimum Gasteiger partial charge on any atom is -0.494 e. The van der Waals surface area contributed by atoms with Crippen LogP contribution in [0.25, 0.3) is 0 Å². The Balaban J connectivity index is 2.05. The lowest BCUT2D eigenvalue weighted by atomic mass is 10.2. The van der Waals surface area contributed by atoms with Crippen molar-refractivity contribution in [2.75, 3.05) is 12.4 Å². The van der Waals surface area contributed by atoms with Gasteiger partial charge in [-0.15, -0.1) is 0 Å². The molecule has 1 N–H and O–H groups in total. The lowest BCUT2D eigenvalue weighted by molar-refractivity contribution is 0.386. The first-order valence-electron chi connectivity index (χ1n) is 5.61. The molecule has 0 aromatic heterocycles. The van der Waals surface area contributed by atoms with Crippen LogP contribution in [0.4, 0.5) is 14.5 Å². The number of ether oxygens (including phenoxy) is 1. The zero-order chi connectivity index (χ0) is 13.8. The molecule has 0 radical (unpaired) electrons. The van der Waals surface area contributed by atoms with E-state index in [1.54, 1.807) is 24.3 Å². The molecule has 2 nitrogen and oxygen atoms in total. The van der Waals surface area contributed by atoms with E-state index in [2.05, 4.69) is 21.2 Å². The molecular weight excluding hydrogens is 316 g/mol. The van der Waals surface area contributed by atoms with Crippen LogP contribution in [0, 0.1) is 11.6 Å². The average Bonchev–Trinajstić information content (AvgIpc) is 2.40. The Kier molecular flexibility index (Phi) is 4.37. The Labute approximate surface area is 118 Å². The first-order valence-corrected chi connectivity index (χ1v) is 6.41. The molecule has 0 spiro atoms. The van der Waals surface area contributed by atoms with Crippen molar-refractivity contribution in [1.82, 2.24) is 0 Å². The van der Waals surface area contributed by atoms with E-state index in [1.165, 1.54) is 19.2 Å². The maximum atomic E-state index is 13.5. The molecule has 0 atom stereocenters. The van der Waals surface area contributed by atoms with E-state index in [1.807, 2.05) is 0 Å². The molecule has 2 aromatic carbocycles. The number of halogens is 3. The summed E-state index contributed by atoms with van der Waals surface area (Å²) in [4.78, 5) is 0. The number of nitrogens with one attached hydrogen (secondary N) is 1. The maximum absolute atomic E-state index is 13.5. The highest BCUT2D eigenvalue weighted by atomic mass is 79.9. The summed E-state index contributed by atoms with van der Waals surface area (Å²) in [5, 5.41) is 3.02. The normalized spacial score (nSPS) is 10.3. The molecule has 0 aliphatic rings. The summed E-state index contributed by atoms with van der Waals surface area (Å²) >= 11 is 3.09. The van der Waals surface area contributed by atoms with Crippen molar-refractivity contribution in [3.63, 3.8) is 0 Å². The van der Waals surface area contributed by atoms with Gasteiger partial charge < -0.3 is 10.1 Å². The van der Waals surface area contributed by atoms with Gasteiger partial charge in [-0.1, -0.05) is 6.07 Å². The summed E-state index contributed by atoms with van der Waals surface area (Å²) in [6.07, 6.45) is 0. The molecule has 0 aliphatic heterocycles. The van der Waals surface area contributed by atoms with Gasteiger partial charge in [0.05, 0.1) is 11.6 Å². The Hall–Kier alpha value is -1.62. The molecule has 0 amide bonds. The third-order valence-electron chi connectivity index (χ3n) is 2.63. The topological polar surface area (TPSA) is 21.3 Å². The highest BCUT2D eigenvalue weighted by molar-refractivity contribution is 9.10. The molecule has 100 valence electrons. The average molecular weight is 328 g/mol. The number of benzene rings is 2.